The summed E-state index contributed by atoms with van der Waals surface area (Å²) in [7, 11) is 0. The molecule has 2 amide bonds. The van der Waals surface area contributed by atoms with E-state index < -0.39 is 5.97 Å². The molecular weight excluding hydrogens is 302 g/mol. The van der Waals surface area contributed by atoms with Crippen molar-refractivity contribution in [3.8, 4) is 0 Å². The largest absolute Gasteiger partial charge is 0.480 e. The Morgan fingerprint density at radius 1 is 1.39 bits per heavy atom. The summed E-state index contributed by atoms with van der Waals surface area (Å²) in [5, 5.41) is 12.7. The molecule has 0 saturated carbocycles. The number of hydrogen-bond acceptors (Lipinski definition) is 5. The Labute approximate surface area is 134 Å². The molecule has 0 bridgehead atoms. The number of aliphatic carboxylic acids is 1. The van der Waals surface area contributed by atoms with Gasteiger partial charge in [-0.2, -0.15) is 0 Å². The molecule has 2 heterocycles. The summed E-state index contributed by atoms with van der Waals surface area (Å²) < 4.78 is 4.93. The molecule has 0 aromatic carbocycles. The molecule has 1 aliphatic rings. The van der Waals surface area contributed by atoms with E-state index in [2.05, 4.69) is 5.16 Å². The molecule has 1 aromatic heterocycles. The van der Waals surface area contributed by atoms with Gasteiger partial charge in [0.25, 0.3) is 5.91 Å². The van der Waals surface area contributed by atoms with E-state index in [9.17, 15) is 14.4 Å². The Kier molecular flexibility index (Phi) is 5.36. The number of nitrogens with zero attached hydrogens (tertiary/aromatic N) is 3. The Bertz CT molecular complexity index is 598. The topological polar surface area (TPSA) is 104 Å². The fourth-order valence-corrected chi connectivity index (χ4v) is 2.87. The monoisotopic (exact) mass is 323 g/mol. The summed E-state index contributed by atoms with van der Waals surface area (Å²) in [6, 6.07) is 1.43. The van der Waals surface area contributed by atoms with Gasteiger partial charge in [-0.05, 0) is 26.2 Å². The molecule has 23 heavy (non-hydrogen) atoms. The molecule has 0 aliphatic carbocycles. The molecule has 2 rings (SSSR count). The molecule has 1 atom stereocenters. The molecule has 1 fully saturated rings. The van der Waals surface area contributed by atoms with Crippen LogP contribution in [0.1, 0.15) is 42.4 Å². The minimum absolute atomic E-state index is 0.166. The Morgan fingerprint density at radius 3 is 2.70 bits per heavy atom. The van der Waals surface area contributed by atoms with Crippen LogP contribution < -0.4 is 0 Å². The fraction of sp³-hybridized carbons (Fsp3) is 0.600. The van der Waals surface area contributed by atoms with E-state index in [4.69, 9.17) is 9.63 Å². The molecule has 1 unspecified atom stereocenters. The molecule has 1 aromatic rings. The first-order chi connectivity index (χ1) is 10.9. The third-order valence-electron chi connectivity index (χ3n) is 3.98. The van der Waals surface area contributed by atoms with Gasteiger partial charge in [-0.25, -0.2) is 0 Å². The second-order valence-electron chi connectivity index (χ2n) is 5.74. The first-order valence-corrected chi connectivity index (χ1v) is 7.60. The van der Waals surface area contributed by atoms with Crippen LogP contribution in [-0.4, -0.2) is 63.5 Å². The minimum Gasteiger partial charge on any atom is -0.480 e. The highest BCUT2D eigenvalue weighted by molar-refractivity contribution is 5.92. The van der Waals surface area contributed by atoms with Crippen LogP contribution >= 0.6 is 0 Å². The van der Waals surface area contributed by atoms with Crippen LogP contribution in [0.5, 0.6) is 0 Å². The molecule has 1 aliphatic heterocycles. The summed E-state index contributed by atoms with van der Waals surface area (Å²) in [6.45, 7) is 3.79. The van der Waals surface area contributed by atoms with E-state index in [1.165, 1.54) is 11.8 Å². The van der Waals surface area contributed by atoms with Gasteiger partial charge >= 0.3 is 5.97 Å². The molecule has 0 radical (unpaired) electrons. The molecule has 8 heteroatoms. The van der Waals surface area contributed by atoms with Crippen molar-refractivity contribution < 1.29 is 24.0 Å². The van der Waals surface area contributed by atoms with Crippen molar-refractivity contribution in [2.45, 2.75) is 39.2 Å². The van der Waals surface area contributed by atoms with E-state index in [0.29, 0.717) is 38.1 Å². The third kappa shape index (κ3) is 4.30. The highest BCUT2D eigenvalue weighted by Gasteiger charge is 2.28. The Hall–Kier alpha value is -2.38. The van der Waals surface area contributed by atoms with E-state index in [0.717, 1.165) is 0 Å². The Balaban J connectivity index is 2.02. The van der Waals surface area contributed by atoms with Crippen molar-refractivity contribution in [2.75, 3.05) is 19.6 Å². The van der Waals surface area contributed by atoms with Crippen molar-refractivity contribution >= 4 is 17.8 Å². The second kappa shape index (κ2) is 7.26. The van der Waals surface area contributed by atoms with Gasteiger partial charge < -0.3 is 19.4 Å². The lowest BCUT2D eigenvalue weighted by Crippen LogP contribution is -2.43. The maximum absolute atomic E-state index is 12.4. The lowest BCUT2D eigenvalue weighted by atomic mass is 10.1. The van der Waals surface area contributed by atoms with Gasteiger partial charge in [0.1, 0.15) is 12.3 Å². The zero-order valence-corrected chi connectivity index (χ0v) is 13.3. The lowest BCUT2D eigenvalue weighted by molar-refractivity contribution is -0.145. The highest BCUT2D eigenvalue weighted by Crippen LogP contribution is 2.19. The number of hydrogen-bond donors (Lipinski definition) is 1. The smallest absolute Gasteiger partial charge is 0.323 e. The van der Waals surface area contributed by atoms with Crippen molar-refractivity contribution in [3.05, 3.63) is 17.5 Å². The van der Waals surface area contributed by atoms with E-state index in [1.54, 1.807) is 17.9 Å². The summed E-state index contributed by atoms with van der Waals surface area (Å²) in [4.78, 5) is 38.0. The maximum atomic E-state index is 12.4. The molecule has 8 nitrogen and oxygen atoms in total. The molecule has 126 valence electrons. The maximum Gasteiger partial charge on any atom is 0.323 e. The van der Waals surface area contributed by atoms with Crippen LogP contribution in [0, 0.1) is 6.92 Å². The number of carbonyl (C=O) groups excluding carboxylic acids is 2. The number of amides is 2. The highest BCUT2D eigenvalue weighted by atomic mass is 16.5. The first kappa shape index (κ1) is 17.0. The summed E-state index contributed by atoms with van der Waals surface area (Å²) in [5.41, 5.74) is 0.273. The van der Waals surface area contributed by atoms with Crippen LogP contribution in [0.4, 0.5) is 0 Å². The van der Waals surface area contributed by atoms with Crippen molar-refractivity contribution in [1.82, 2.24) is 15.0 Å². The van der Waals surface area contributed by atoms with Crippen molar-refractivity contribution in [3.63, 3.8) is 0 Å². The van der Waals surface area contributed by atoms with Gasteiger partial charge in [-0.15, -0.1) is 0 Å². The molecule has 0 spiro atoms. The van der Waals surface area contributed by atoms with Gasteiger partial charge in [0.2, 0.25) is 5.91 Å². The number of rotatable bonds is 4. The van der Waals surface area contributed by atoms with Crippen LogP contribution in [0.2, 0.25) is 0 Å². The average molecular weight is 323 g/mol. The predicted octanol–water partition coefficient (Wildman–Crippen LogP) is 0.911. The van der Waals surface area contributed by atoms with Gasteiger partial charge in [-0.3, -0.25) is 14.4 Å². The van der Waals surface area contributed by atoms with Gasteiger partial charge in [-0.1, -0.05) is 5.16 Å². The third-order valence-corrected chi connectivity index (χ3v) is 3.98. The number of likely N-dealkylation sites (tertiary alicyclic amines) is 1. The summed E-state index contributed by atoms with van der Waals surface area (Å²) in [6.07, 6.45) is 1.93. The van der Waals surface area contributed by atoms with Crippen LogP contribution in [0.15, 0.2) is 10.6 Å². The van der Waals surface area contributed by atoms with Gasteiger partial charge in [0, 0.05) is 32.1 Å². The predicted molar refractivity (Wildman–Crippen MR) is 79.8 cm³/mol. The SMILES string of the molecule is CC(=O)N(CC(=O)O)C1CCCN(C(=O)c2cc(C)on2)CC1. The minimum atomic E-state index is -1.03. The van der Waals surface area contributed by atoms with Gasteiger partial charge in [0.05, 0.1) is 0 Å². The number of aromatic nitrogens is 1. The van der Waals surface area contributed by atoms with E-state index in [-0.39, 0.29) is 30.1 Å². The zero-order chi connectivity index (χ0) is 17.0. The van der Waals surface area contributed by atoms with E-state index in [1.807, 2.05) is 0 Å². The van der Waals surface area contributed by atoms with Crippen molar-refractivity contribution in [2.24, 2.45) is 0 Å². The molecule has 1 saturated heterocycles. The number of carboxylic acids is 1. The number of aryl methyl sites for hydroxylation is 1. The number of carbonyl (C=O) groups is 3. The van der Waals surface area contributed by atoms with Crippen molar-refractivity contribution in [1.29, 1.82) is 0 Å². The van der Waals surface area contributed by atoms with E-state index >= 15 is 0 Å². The molecular formula is C15H21N3O5. The zero-order valence-electron chi connectivity index (χ0n) is 13.3. The van der Waals surface area contributed by atoms with Crippen LogP contribution in [0.25, 0.3) is 0 Å². The van der Waals surface area contributed by atoms with Crippen LogP contribution in [-0.2, 0) is 9.59 Å². The lowest BCUT2D eigenvalue weighted by Gasteiger charge is -2.28. The fourth-order valence-electron chi connectivity index (χ4n) is 2.87. The quantitative estimate of drug-likeness (QED) is 0.883. The second-order valence-corrected chi connectivity index (χ2v) is 5.74. The average Bonchev–Trinajstić information content (AvgIpc) is 2.78. The normalized spacial score (nSPS) is 18.3. The summed E-state index contributed by atoms with van der Waals surface area (Å²) in [5.74, 6) is -0.917. The summed E-state index contributed by atoms with van der Waals surface area (Å²) >= 11 is 0. The Morgan fingerprint density at radius 2 is 2.13 bits per heavy atom. The molecule has 1 N–H and O–H groups in total. The number of carboxylic acid groups (broad SMARTS) is 1. The van der Waals surface area contributed by atoms with Crippen LogP contribution in [0.3, 0.4) is 0 Å². The van der Waals surface area contributed by atoms with Gasteiger partial charge in [0.15, 0.2) is 5.69 Å². The standard InChI is InChI=1S/C15H21N3O5/c1-10-8-13(16-23-10)15(22)17-6-3-4-12(5-7-17)18(11(2)19)9-14(20)21/h8,12H,3-7,9H2,1-2H3,(H,20,21). The first-order valence-electron chi connectivity index (χ1n) is 7.60.